The Labute approximate surface area is 118 Å². The molecule has 0 saturated heterocycles. The molecule has 0 aliphatic rings. The molecule has 0 heterocycles. The first kappa shape index (κ1) is 13.2. The van der Waals surface area contributed by atoms with Gasteiger partial charge in [0.15, 0.2) is 0 Å². The van der Waals surface area contributed by atoms with E-state index in [-0.39, 0.29) is 0 Å². The van der Waals surface area contributed by atoms with Crippen LogP contribution in [0, 0.1) is 0 Å². The number of nitrogens with zero attached hydrogens (tertiary/aromatic N) is 1. The summed E-state index contributed by atoms with van der Waals surface area (Å²) in [4.78, 5) is 2.35. The van der Waals surface area contributed by atoms with E-state index in [0.29, 0.717) is 0 Å². The normalized spacial score (nSPS) is 10.4. The van der Waals surface area contributed by atoms with Crippen LogP contribution in [0.5, 0.6) is 0 Å². The first-order valence-electron chi connectivity index (χ1n) is 6.35. The molecule has 0 aliphatic carbocycles. The summed E-state index contributed by atoms with van der Waals surface area (Å²) in [7, 11) is 0. The van der Waals surface area contributed by atoms with E-state index >= 15 is 0 Å². The highest BCUT2D eigenvalue weighted by atomic mass is 79.9. The van der Waals surface area contributed by atoms with Crippen molar-refractivity contribution in [1.82, 2.24) is 0 Å². The second-order valence-corrected chi connectivity index (χ2v) is 5.14. The molecule has 0 N–H and O–H groups in total. The molecule has 0 amide bonds. The van der Waals surface area contributed by atoms with E-state index in [2.05, 4.69) is 83.2 Å². The molecule has 1 nitrogen and oxygen atoms in total. The van der Waals surface area contributed by atoms with Gasteiger partial charge in [0, 0.05) is 23.2 Å². The fourth-order valence-corrected chi connectivity index (χ4v) is 2.36. The Balaban J connectivity index is 2.24. The number of rotatable bonds is 4. The molecule has 0 spiro atoms. The molecule has 0 aromatic heterocycles. The minimum Gasteiger partial charge on any atom is -0.372 e. The van der Waals surface area contributed by atoms with Crippen LogP contribution in [0.1, 0.15) is 13.8 Å². The Kier molecular flexibility index (Phi) is 4.43. The Hall–Kier alpha value is -1.28. The average Bonchev–Trinajstić information content (AvgIpc) is 2.42. The third-order valence-electron chi connectivity index (χ3n) is 3.17. The van der Waals surface area contributed by atoms with Crippen LogP contribution >= 0.6 is 15.9 Å². The smallest absolute Gasteiger partial charge is 0.0366 e. The van der Waals surface area contributed by atoms with Crippen LogP contribution < -0.4 is 4.90 Å². The number of anilines is 1. The molecular formula is C16H18BrN. The van der Waals surface area contributed by atoms with Gasteiger partial charge in [0.25, 0.3) is 0 Å². The quantitative estimate of drug-likeness (QED) is 0.771. The lowest BCUT2D eigenvalue weighted by molar-refractivity contribution is 0.866. The minimum absolute atomic E-state index is 1.05. The van der Waals surface area contributed by atoms with Crippen molar-refractivity contribution in [3.8, 4) is 11.1 Å². The highest BCUT2D eigenvalue weighted by Crippen LogP contribution is 2.24. The molecule has 0 bridgehead atoms. The topological polar surface area (TPSA) is 3.24 Å². The first-order valence-corrected chi connectivity index (χ1v) is 7.14. The van der Waals surface area contributed by atoms with Gasteiger partial charge in [-0.25, -0.2) is 0 Å². The zero-order valence-corrected chi connectivity index (χ0v) is 12.4. The van der Waals surface area contributed by atoms with Crippen molar-refractivity contribution in [2.24, 2.45) is 0 Å². The zero-order valence-electron chi connectivity index (χ0n) is 10.9. The molecule has 0 fully saturated rings. The fourth-order valence-electron chi connectivity index (χ4n) is 2.10. The van der Waals surface area contributed by atoms with Gasteiger partial charge in [-0.2, -0.15) is 0 Å². The first-order chi connectivity index (χ1) is 8.74. The lowest BCUT2D eigenvalue weighted by Crippen LogP contribution is -2.21. The van der Waals surface area contributed by atoms with Crippen molar-refractivity contribution < 1.29 is 0 Å². The Morgan fingerprint density at radius 3 is 1.67 bits per heavy atom. The van der Waals surface area contributed by atoms with Crippen molar-refractivity contribution in [3.63, 3.8) is 0 Å². The summed E-state index contributed by atoms with van der Waals surface area (Å²) in [6.45, 7) is 6.47. The van der Waals surface area contributed by atoms with Crippen LogP contribution in [0.25, 0.3) is 11.1 Å². The summed E-state index contributed by atoms with van der Waals surface area (Å²) in [6.07, 6.45) is 0. The lowest BCUT2D eigenvalue weighted by atomic mass is 10.1. The van der Waals surface area contributed by atoms with Gasteiger partial charge in [0.05, 0.1) is 0 Å². The van der Waals surface area contributed by atoms with Gasteiger partial charge in [-0.15, -0.1) is 0 Å². The maximum atomic E-state index is 3.46. The summed E-state index contributed by atoms with van der Waals surface area (Å²) >= 11 is 3.46. The SMILES string of the molecule is CCN(CC)c1ccc(-c2ccc(Br)cc2)cc1. The van der Waals surface area contributed by atoms with E-state index in [4.69, 9.17) is 0 Å². The number of hydrogen-bond donors (Lipinski definition) is 0. The Morgan fingerprint density at radius 1 is 0.778 bits per heavy atom. The molecule has 0 atom stereocenters. The van der Waals surface area contributed by atoms with E-state index < -0.39 is 0 Å². The van der Waals surface area contributed by atoms with Crippen LogP contribution in [0.2, 0.25) is 0 Å². The van der Waals surface area contributed by atoms with E-state index in [9.17, 15) is 0 Å². The third-order valence-corrected chi connectivity index (χ3v) is 3.70. The van der Waals surface area contributed by atoms with Crippen molar-refractivity contribution in [2.45, 2.75) is 13.8 Å². The van der Waals surface area contributed by atoms with Crippen LogP contribution in [0.4, 0.5) is 5.69 Å². The molecule has 2 aromatic rings. The van der Waals surface area contributed by atoms with Gasteiger partial charge < -0.3 is 4.90 Å². The third kappa shape index (κ3) is 2.94. The summed E-state index contributed by atoms with van der Waals surface area (Å²) in [5.41, 5.74) is 3.81. The molecule has 94 valence electrons. The maximum Gasteiger partial charge on any atom is 0.0366 e. The summed E-state index contributed by atoms with van der Waals surface area (Å²) in [5.74, 6) is 0. The van der Waals surface area contributed by atoms with Gasteiger partial charge in [-0.3, -0.25) is 0 Å². The molecule has 2 aromatic carbocycles. The van der Waals surface area contributed by atoms with Gasteiger partial charge >= 0.3 is 0 Å². The van der Waals surface area contributed by atoms with Gasteiger partial charge in [-0.05, 0) is 49.2 Å². The number of halogens is 1. The van der Waals surface area contributed by atoms with Crippen LogP contribution in [0.15, 0.2) is 53.0 Å². The fraction of sp³-hybridized carbons (Fsp3) is 0.250. The second-order valence-electron chi connectivity index (χ2n) is 4.23. The summed E-state index contributed by atoms with van der Waals surface area (Å²) < 4.78 is 1.12. The van der Waals surface area contributed by atoms with Gasteiger partial charge in [-0.1, -0.05) is 40.2 Å². The largest absolute Gasteiger partial charge is 0.372 e. The maximum absolute atomic E-state index is 3.46. The number of benzene rings is 2. The van der Waals surface area contributed by atoms with Crippen molar-refractivity contribution in [2.75, 3.05) is 18.0 Å². The minimum atomic E-state index is 1.05. The molecule has 0 saturated carbocycles. The van der Waals surface area contributed by atoms with Gasteiger partial charge in [0.1, 0.15) is 0 Å². The molecule has 0 unspecified atom stereocenters. The molecule has 18 heavy (non-hydrogen) atoms. The zero-order chi connectivity index (χ0) is 13.0. The highest BCUT2D eigenvalue weighted by Gasteiger charge is 2.02. The van der Waals surface area contributed by atoms with Crippen LogP contribution in [-0.2, 0) is 0 Å². The predicted octanol–water partition coefficient (Wildman–Crippen LogP) is 4.96. The molecule has 2 rings (SSSR count). The van der Waals surface area contributed by atoms with E-state index in [0.717, 1.165) is 17.6 Å². The average molecular weight is 304 g/mol. The van der Waals surface area contributed by atoms with E-state index in [1.165, 1.54) is 16.8 Å². The summed E-state index contributed by atoms with van der Waals surface area (Å²) in [6, 6.07) is 17.2. The molecule has 0 radical (unpaired) electrons. The Morgan fingerprint density at radius 2 is 1.22 bits per heavy atom. The standard InChI is InChI=1S/C16H18BrN/c1-3-18(4-2)16-11-7-14(8-12-16)13-5-9-15(17)10-6-13/h5-12H,3-4H2,1-2H3. The lowest BCUT2D eigenvalue weighted by Gasteiger charge is -2.21. The molecule has 2 heteroatoms. The van der Waals surface area contributed by atoms with Gasteiger partial charge in [0.2, 0.25) is 0 Å². The van der Waals surface area contributed by atoms with Crippen molar-refractivity contribution in [1.29, 1.82) is 0 Å². The van der Waals surface area contributed by atoms with Crippen molar-refractivity contribution >= 4 is 21.6 Å². The summed E-state index contributed by atoms with van der Waals surface area (Å²) in [5, 5.41) is 0. The van der Waals surface area contributed by atoms with E-state index in [1.54, 1.807) is 0 Å². The van der Waals surface area contributed by atoms with Crippen LogP contribution in [0.3, 0.4) is 0 Å². The molecular weight excluding hydrogens is 286 g/mol. The van der Waals surface area contributed by atoms with E-state index in [1.807, 2.05) is 0 Å². The second kappa shape index (κ2) is 6.05. The monoisotopic (exact) mass is 303 g/mol. The highest BCUT2D eigenvalue weighted by molar-refractivity contribution is 9.10. The molecule has 0 aliphatic heterocycles. The number of hydrogen-bond acceptors (Lipinski definition) is 1. The van der Waals surface area contributed by atoms with Crippen LogP contribution in [-0.4, -0.2) is 13.1 Å². The van der Waals surface area contributed by atoms with Crippen molar-refractivity contribution in [3.05, 3.63) is 53.0 Å². The predicted molar refractivity (Wildman–Crippen MR) is 83.1 cm³/mol. The Bertz CT molecular complexity index is 484.